The summed E-state index contributed by atoms with van der Waals surface area (Å²) in [7, 11) is 0. The lowest BCUT2D eigenvalue weighted by atomic mass is 10.2. The number of pyridine rings is 1. The third-order valence-corrected chi connectivity index (χ3v) is 9.24. The van der Waals surface area contributed by atoms with Crippen LogP contribution in [-0.2, 0) is 38.9 Å². The summed E-state index contributed by atoms with van der Waals surface area (Å²) in [5, 5.41) is 8.43. The van der Waals surface area contributed by atoms with Crippen LogP contribution in [0.3, 0.4) is 0 Å². The first kappa shape index (κ1) is 38.9. The zero-order chi connectivity index (χ0) is 37.1. The fourth-order valence-corrected chi connectivity index (χ4v) is 6.25. The Kier molecular flexibility index (Phi) is 13.8. The Morgan fingerprint density at radius 1 is 0.885 bits per heavy atom. The number of ether oxygens (including phenoxy) is 2. The van der Waals surface area contributed by atoms with Gasteiger partial charge in [0.2, 0.25) is 0 Å². The molecule has 18 heteroatoms. The van der Waals surface area contributed by atoms with E-state index in [2.05, 4.69) is 20.3 Å². The summed E-state index contributed by atoms with van der Waals surface area (Å²) in [4.78, 5) is 24.7. The van der Waals surface area contributed by atoms with Crippen LogP contribution in [0.2, 0.25) is 10.0 Å². The van der Waals surface area contributed by atoms with Gasteiger partial charge in [-0.3, -0.25) is 9.36 Å². The van der Waals surface area contributed by atoms with Gasteiger partial charge in [-0.25, -0.2) is 15.0 Å². The summed E-state index contributed by atoms with van der Waals surface area (Å²) in [6.45, 7) is -0.928. The average Bonchev–Trinajstić information content (AvgIpc) is 3.90. The van der Waals surface area contributed by atoms with Crippen LogP contribution in [0.5, 0.6) is 11.5 Å². The smallest absolute Gasteiger partial charge is 0.417 e. The summed E-state index contributed by atoms with van der Waals surface area (Å²) in [6.07, 6.45) is -0.748. The van der Waals surface area contributed by atoms with Crippen LogP contribution in [0.1, 0.15) is 39.3 Å². The molecule has 0 unspecified atom stereocenters. The Morgan fingerprint density at radius 2 is 1.52 bits per heavy atom. The van der Waals surface area contributed by atoms with Gasteiger partial charge in [0.25, 0.3) is 5.56 Å². The molecule has 274 valence electrons. The highest BCUT2D eigenvalue weighted by Gasteiger charge is 2.32. The molecule has 0 atom stereocenters. The highest BCUT2D eigenvalue weighted by atomic mass is 35.5. The van der Waals surface area contributed by atoms with Crippen molar-refractivity contribution < 1.29 is 31.4 Å². The van der Waals surface area contributed by atoms with Gasteiger partial charge in [0.05, 0.1) is 23.5 Å². The van der Waals surface area contributed by atoms with Gasteiger partial charge in [0.15, 0.2) is 0 Å². The predicted molar refractivity (Wildman–Crippen MR) is 189 cm³/mol. The van der Waals surface area contributed by atoms with E-state index in [1.807, 2.05) is 35.7 Å². The SMILES string of the molecule is FC(F)n1ccnc1CCNCc1csc(COc2ccccc2)n1.O=c1c(Cl)cc(C(F)(F)F)cn1Cc1csc(COc2ccc(Cl)cc2)n1. The summed E-state index contributed by atoms with van der Waals surface area (Å²) >= 11 is 14.3. The molecule has 0 fully saturated rings. The molecule has 4 aromatic heterocycles. The molecule has 52 heavy (non-hydrogen) atoms. The Hall–Kier alpha value is -4.35. The van der Waals surface area contributed by atoms with Gasteiger partial charge in [-0.15, -0.1) is 22.7 Å². The molecule has 0 spiro atoms. The van der Waals surface area contributed by atoms with E-state index in [1.165, 1.54) is 35.1 Å². The maximum Gasteiger partial charge on any atom is 0.417 e. The van der Waals surface area contributed by atoms with Crippen LogP contribution in [-0.4, -0.2) is 30.6 Å². The zero-order valence-corrected chi connectivity index (χ0v) is 30.0. The molecule has 0 amide bonds. The number of nitrogens with zero attached hydrogens (tertiary/aromatic N) is 5. The van der Waals surface area contributed by atoms with Crippen LogP contribution < -0.4 is 20.3 Å². The van der Waals surface area contributed by atoms with Crippen molar-refractivity contribution in [2.24, 2.45) is 0 Å². The van der Waals surface area contributed by atoms with Crippen molar-refractivity contribution in [2.75, 3.05) is 6.54 Å². The molecule has 0 radical (unpaired) electrons. The van der Waals surface area contributed by atoms with E-state index in [-0.39, 0.29) is 13.2 Å². The normalized spacial score (nSPS) is 11.4. The van der Waals surface area contributed by atoms with Crippen molar-refractivity contribution in [1.82, 2.24) is 29.4 Å². The van der Waals surface area contributed by atoms with Crippen molar-refractivity contribution in [1.29, 1.82) is 0 Å². The van der Waals surface area contributed by atoms with E-state index in [4.69, 9.17) is 32.7 Å². The summed E-state index contributed by atoms with van der Waals surface area (Å²) in [5.74, 6) is 1.79. The fraction of sp³-hybridized carbons (Fsp3) is 0.235. The van der Waals surface area contributed by atoms with Gasteiger partial charge in [-0.2, -0.15) is 22.0 Å². The number of hydrogen-bond donors (Lipinski definition) is 1. The molecule has 0 aliphatic heterocycles. The molecule has 2 aromatic carbocycles. The minimum absolute atomic E-state index is 0.125. The molecule has 6 rings (SSSR count). The molecule has 0 saturated heterocycles. The second-order valence-electron chi connectivity index (χ2n) is 10.8. The number of thiazole rings is 2. The van der Waals surface area contributed by atoms with Crippen molar-refractivity contribution in [2.45, 2.75) is 45.4 Å². The predicted octanol–water partition coefficient (Wildman–Crippen LogP) is 8.90. The topological polar surface area (TPSA) is 96.1 Å². The number of hydrogen-bond acceptors (Lipinski definition) is 9. The van der Waals surface area contributed by atoms with Gasteiger partial charge in [0, 0.05) is 53.9 Å². The van der Waals surface area contributed by atoms with Gasteiger partial charge in [0.1, 0.15) is 45.6 Å². The molecule has 4 heterocycles. The average molecular weight is 800 g/mol. The van der Waals surface area contributed by atoms with Crippen molar-refractivity contribution in [3.63, 3.8) is 0 Å². The summed E-state index contributed by atoms with van der Waals surface area (Å²) in [6, 6.07) is 17.0. The zero-order valence-electron chi connectivity index (χ0n) is 26.9. The highest BCUT2D eigenvalue weighted by Crippen LogP contribution is 2.30. The van der Waals surface area contributed by atoms with Gasteiger partial charge < -0.3 is 19.4 Å². The second kappa shape index (κ2) is 18.4. The van der Waals surface area contributed by atoms with Crippen molar-refractivity contribution in [3.8, 4) is 11.5 Å². The monoisotopic (exact) mass is 798 g/mol. The molecule has 6 aromatic rings. The van der Waals surface area contributed by atoms with E-state index in [1.54, 1.807) is 29.6 Å². The molecule has 0 aliphatic carbocycles. The van der Waals surface area contributed by atoms with Crippen LogP contribution >= 0.6 is 45.9 Å². The molecule has 0 saturated carbocycles. The van der Waals surface area contributed by atoms with E-state index in [0.717, 1.165) is 31.8 Å². The highest BCUT2D eigenvalue weighted by molar-refractivity contribution is 7.09. The Bertz CT molecular complexity index is 2070. The van der Waals surface area contributed by atoms with E-state index >= 15 is 0 Å². The lowest BCUT2D eigenvalue weighted by molar-refractivity contribution is -0.138. The van der Waals surface area contributed by atoms with Crippen LogP contribution in [0.25, 0.3) is 0 Å². The largest absolute Gasteiger partial charge is 0.486 e. The number of nitrogens with one attached hydrogen (secondary N) is 1. The maximum absolute atomic E-state index is 12.9. The molecular formula is C34H29Cl2F5N6O3S2. The first-order valence-corrected chi connectivity index (χ1v) is 17.9. The van der Waals surface area contributed by atoms with Crippen LogP contribution in [0, 0.1) is 0 Å². The number of aromatic nitrogens is 5. The standard InChI is InChI=1S/C17H11Cl2F3N2O2S.C17H18F2N4OS/c18-11-1-3-13(4-2-11)26-8-15-23-12(9-27-15)7-24-6-10(17(20,21)22)5-14(19)16(24)25;18-17(19)23-9-8-21-15(23)6-7-20-10-13-12-25-16(22-13)11-24-14-4-2-1-3-5-14/h1-6,9H,7-8H2;1-5,8-9,12,17,20H,6-7,10-11H2. The first-order valence-electron chi connectivity index (χ1n) is 15.3. The Morgan fingerprint density at radius 3 is 2.17 bits per heavy atom. The fourth-order valence-electron chi connectivity index (χ4n) is 4.50. The Labute approximate surface area is 312 Å². The van der Waals surface area contributed by atoms with E-state index in [0.29, 0.717) is 59.5 Å². The number of para-hydroxylation sites is 1. The lowest BCUT2D eigenvalue weighted by Gasteiger charge is -2.11. The van der Waals surface area contributed by atoms with Gasteiger partial charge >= 0.3 is 12.7 Å². The summed E-state index contributed by atoms with van der Waals surface area (Å²) in [5.41, 5.74) is -0.355. The molecular weight excluding hydrogens is 770 g/mol. The molecule has 9 nitrogen and oxygen atoms in total. The minimum atomic E-state index is -4.60. The minimum Gasteiger partial charge on any atom is -0.486 e. The number of rotatable bonds is 14. The number of halogens is 7. The first-order chi connectivity index (χ1) is 24.9. The number of benzene rings is 2. The van der Waals surface area contributed by atoms with Crippen LogP contribution in [0.15, 0.2) is 94.8 Å². The summed E-state index contributed by atoms with van der Waals surface area (Å²) < 4.78 is 77.1. The quantitative estimate of drug-likeness (QED) is 0.0869. The van der Waals surface area contributed by atoms with Crippen molar-refractivity contribution >= 4 is 45.9 Å². The lowest BCUT2D eigenvalue weighted by Crippen LogP contribution is -2.23. The van der Waals surface area contributed by atoms with Gasteiger partial charge in [-0.1, -0.05) is 41.4 Å². The Balaban J connectivity index is 0.000000202. The third-order valence-electron chi connectivity index (χ3n) is 6.97. The van der Waals surface area contributed by atoms with Crippen molar-refractivity contribution in [3.05, 3.63) is 143 Å². The molecule has 0 aliphatic rings. The number of alkyl halides is 5. The van der Waals surface area contributed by atoms with E-state index < -0.39 is 28.9 Å². The van der Waals surface area contributed by atoms with E-state index in [9.17, 15) is 26.7 Å². The second-order valence-corrected chi connectivity index (χ2v) is 13.5. The molecule has 1 N–H and O–H groups in total. The maximum atomic E-state index is 12.9. The third kappa shape index (κ3) is 11.6. The molecule has 0 bridgehead atoms. The van der Waals surface area contributed by atoms with Gasteiger partial charge in [-0.05, 0) is 42.5 Å². The van der Waals surface area contributed by atoms with Crippen LogP contribution in [0.4, 0.5) is 22.0 Å². The number of imidazole rings is 1.